The molecule has 3 fully saturated rings. The fourth-order valence-electron chi connectivity index (χ4n) is 7.40. The highest BCUT2D eigenvalue weighted by Gasteiger charge is 2.61. The van der Waals surface area contributed by atoms with Crippen LogP contribution < -0.4 is 10.5 Å². The molecule has 6 atom stereocenters. The Morgan fingerprint density at radius 2 is 1.90 bits per heavy atom. The van der Waals surface area contributed by atoms with E-state index in [-0.39, 0.29) is 38.8 Å². The number of ether oxygens (including phenoxy) is 2. The molecule has 2 saturated carbocycles. The molecule has 3 amide bonds. The Morgan fingerprint density at radius 3 is 2.56 bits per heavy atom. The molecule has 3 aliphatic heterocycles. The van der Waals surface area contributed by atoms with E-state index in [9.17, 15) is 32.4 Å². The quantitative estimate of drug-likeness (QED) is 0.399. The molecule has 3 heterocycles. The Bertz CT molecular complexity index is 1750. The van der Waals surface area contributed by atoms with Gasteiger partial charge in [0.1, 0.15) is 6.10 Å². The van der Waals surface area contributed by atoms with Crippen LogP contribution in [0.15, 0.2) is 36.9 Å². The van der Waals surface area contributed by atoms with Gasteiger partial charge in [-0.05, 0) is 47.3 Å². The highest BCUT2D eigenvalue weighted by atomic mass is 32.2. The molecule has 4 bridgehead atoms. The molecule has 0 unspecified atom stereocenters. The van der Waals surface area contributed by atoms with E-state index in [0.29, 0.717) is 25.9 Å². The number of fused-ring (bicyclic) bond motifs is 3. The predicted octanol–water partition coefficient (Wildman–Crippen LogP) is 2.82. The lowest BCUT2D eigenvalue weighted by atomic mass is 9.76. The van der Waals surface area contributed by atoms with Crippen molar-refractivity contribution >= 4 is 45.6 Å². The highest BCUT2D eigenvalue weighted by Crippen LogP contribution is 2.57. The number of ketones is 2. The summed E-state index contributed by atoms with van der Waals surface area (Å²) in [6, 6.07) is 4.65. The Kier molecular flexibility index (Phi) is 9.59. The summed E-state index contributed by atoms with van der Waals surface area (Å²) in [6.45, 7) is 9.77. The van der Waals surface area contributed by atoms with Gasteiger partial charge in [-0.1, -0.05) is 57.2 Å². The van der Waals surface area contributed by atoms with Gasteiger partial charge in [0.05, 0.1) is 42.3 Å². The molecule has 0 radical (unpaired) electrons. The van der Waals surface area contributed by atoms with Gasteiger partial charge in [0, 0.05) is 25.8 Å². The molecule has 0 aromatic heterocycles. The molecule has 1 aromatic rings. The Morgan fingerprint density at radius 1 is 1.16 bits per heavy atom. The number of sulfonamides is 1. The van der Waals surface area contributed by atoms with Crippen LogP contribution in [0, 0.1) is 22.7 Å². The van der Waals surface area contributed by atoms with Crippen LogP contribution in [-0.4, -0.2) is 84.5 Å². The van der Waals surface area contributed by atoms with E-state index in [1.165, 1.54) is 11.0 Å². The molecule has 6 rings (SSSR count). The molecule has 13 nitrogen and oxygen atoms in total. The number of allylic oxidation sites excluding steroid dienone is 1. The summed E-state index contributed by atoms with van der Waals surface area (Å²) in [4.78, 5) is 71.9. The van der Waals surface area contributed by atoms with Crippen LogP contribution in [0.2, 0.25) is 0 Å². The monoisotopic (exact) mass is 710 g/mol. The number of benzene rings is 1. The van der Waals surface area contributed by atoms with Crippen LogP contribution >= 0.6 is 0 Å². The second kappa shape index (κ2) is 13.3. The van der Waals surface area contributed by atoms with Crippen LogP contribution in [-0.2, 0) is 51.8 Å². The maximum absolute atomic E-state index is 14.4. The zero-order valence-electron chi connectivity index (χ0n) is 28.8. The molecule has 3 N–H and O–H groups in total. The minimum atomic E-state index is -3.87. The van der Waals surface area contributed by atoms with E-state index in [2.05, 4.69) is 11.3 Å². The van der Waals surface area contributed by atoms with E-state index in [1.54, 1.807) is 11.0 Å². The number of nitrogens with two attached hydrogens (primary N) is 1. The topological polar surface area (TPSA) is 182 Å². The number of carbonyl (C=O) groups excluding carboxylic acids is 5. The standard InChI is InChI=1S/C36H46N4O9S/c1-5-23-16-36(23,33(44)38-50(46,47)25-11-12-25)17-30(42)28-14-24-19-40(28)32(43)27(35(2,3)4)15-29(41)31(37)48-13-7-10-21-8-6-9-22-18-39(20-26(21)22)34(45)49-24/h5-10,23-25,27-28,31H,1,11-20,37H2,2-4H3,(H,38,44)/b10-7+/t23-,24-,27-,28+,31+,36-/m1/s1. The summed E-state index contributed by atoms with van der Waals surface area (Å²) < 4.78 is 39.1. The molecule has 50 heavy (non-hydrogen) atoms. The van der Waals surface area contributed by atoms with Crippen molar-refractivity contribution in [2.45, 2.75) is 96.0 Å². The van der Waals surface area contributed by atoms with Crippen molar-refractivity contribution < 1.29 is 41.9 Å². The number of nitrogens with one attached hydrogen (secondary N) is 1. The first-order chi connectivity index (χ1) is 23.5. The molecule has 1 aromatic carbocycles. The average molecular weight is 711 g/mol. The van der Waals surface area contributed by atoms with Crippen LogP contribution in [0.3, 0.4) is 0 Å². The minimum Gasteiger partial charge on any atom is -0.444 e. The van der Waals surface area contributed by atoms with Gasteiger partial charge in [-0.2, -0.15) is 0 Å². The number of rotatable bonds is 7. The van der Waals surface area contributed by atoms with Gasteiger partial charge in [-0.25, -0.2) is 13.2 Å². The van der Waals surface area contributed by atoms with Gasteiger partial charge in [0.25, 0.3) is 0 Å². The average Bonchev–Trinajstić information content (AvgIpc) is 3.94. The predicted molar refractivity (Wildman–Crippen MR) is 182 cm³/mol. The van der Waals surface area contributed by atoms with Crippen molar-refractivity contribution in [1.29, 1.82) is 0 Å². The summed E-state index contributed by atoms with van der Waals surface area (Å²) in [5.41, 5.74) is 6.85. The van der Waals surface area contributed by atoms with Gasteiger partial charge in [0.15, 0.2) is 17.8 Å². The lowest BCUT2D eigenvalue weighted by Crippen LogP contribution is -2.49. The fourth-order valence-corrected chi connectivity index (χ4v) is 8.78. The van der Waals surface area contributed by atoms with E-state index in [4.69, 9.17) is 15.2 Å². The van der Waals surface area contributed by atoms with E-state index in [1.807, 2.05) is 45.0 Å². The first kappa shape index (κ1) is 35.9. The molecule has 14 heteroatoms. The van der Waals surface area contributed by atoms with E-state index < -0.39 is 85.8 Å². The minimum absolute atomic E-state index is 0.0185. The summed E-state index contributed by atoms with van der Waals surface area (Å²) in [7, 11) is -3.87. The third-order valence-corrected chi connectivity index (χ3v) is 12.6. The number of nitrogens with zero attached hydrogens (tertiary/aromatic N) is 2. The zero-order chi connectivity index (χ0) is 36.2. The maximum atomic E-state index is 14.4. The molecule has 0 spiro atoms. The smallest absolute Gasteiger partial charge is 0.410 e. The van der Waals surface area contributed by atoms with Crippen molar-refractivity contribution in [2.75, 3.05) is 13.2 Å². The van der Waals surface area contributed by atoms with Gasteiger partial charge in [-0.15, -0.1) is 6.58 Å². The number of amides is 3. The molecule has 270 valence electrons. The second-order valence-electron chi connectivity index (χ2n) is 15.4. The van der Waals surface area contributed by atoms with E-state index in [0.717, 1.165) is 16.7 Å². The van der Waals surface area contributed by atoms with Crippen molar-refractivity contribution in [1.82, 2.24) is 14.5 Å². The van der Waals surface area contributed by atoms with Gasteiger partial charge >= 0.3 is 6.09 Å². The molecule has 2 aliphatic carbocycles. The van der Waals surface area contributed by atoms with Crippen molar-refractivity contribution in [3.8, 4) is 0 Å². The Labute approximate surface area is 292 Å². The normalized spacial score (nSPS) is 31.0. The number of Topliss-reactive ketones (excluding diaryl/α,β-unsaturated/α-hetero) is 2. The first-order valence-electron chi connectivity index (χ1n) is 17.2. The molecule has 5 aliphatic rings. The second-order valence-corrected chi connectivity index (χ2v) is 17.3. The lowest BCUT2D eigenvalue weighted by molar-refractivity contribution is -0.147. The SMILES string of the molecule is C=C[C@@H]1C[C@]1(CC(=O)[C@@H]1C[C@@H]2CN1C(=O)[C@H](C(C)(C)C)CC(=O)[C@@H](N)OC/C=C/c1cccc3c1CN(C3)C(=O)O2)C(=O)NS(=O)(=O)C1CC1. The van der Waals surface area contributed by atoms with Gasteiger partial charge < -0.3 is 14.4 Å². The van der Waals surface area contributed by atoms with Crippen molar-refractivity contribution in [2.24, 2.45) is 28.4 Å². The Balaban J connectivity index is 1.29. The largest absolute Gasteiger partial charge is 0.444 e. The molecule has 1 saturated heterocycles. The zero-order valence-corrected chi connectivity index (χ0v) is 29.6. The Hall–Kier alpha value is -3.88. The van der Waals surface area contributed by atoms with Gasteiger partial charge in [0.2, 0.25) is 21.8 Å². The number of hydrogen-bond acceptors (Lipinski definition) is 10. The third-order valence-electron chi connectivity index (χ3n) is 10.8. The molecular formula is C36H46N4O9S. The molecular weight excluding hydrogens is 664 g/mol. The lowest BCUT2D eigenvalue weighted by Gasteiger charge is -2.35. The summed E-state index contributed by atoms with van der Waals surface area (Å²) in [5.74, 6) is -3.52. The van der Waals surface area contributed by atoms with Crippen molar-refractivity contribution in [3.63, 3.8) is 0 Å². The number of hydrogen-bond donors (Lipinski definition) is 2. The van der Waals surface area contributed by atoms with Crippen LogP contribution in [0.5, 0.6) is 0 Å². The summed E-state index contributed by atoms with van der Waals surface area (Å²) in [6.07, 6.45) is 2.98. The summed E-state index contributed by atoms with van der Waals surface area (Å²) in [5, 5.41) is -0.626. The van der Waals surface area contributed by atoms with Crippen molar-refractivity contribution in [3.05, 3.63) is 53.6 Å². The highest BCUT2D eigenvalue weighted by molar-refractivity contribution is 7.90. The third kappa shape index (κ3) is 7.15. The number of carbonyl (C=O) groups is 5. The first-order valence-corrected chi connectivity index (χ1v) is 18.7. The van der Waals surface area contributed by atoms with E-state index >= 15 is 0 Å². The maximum Gasteiger partial charge on any atom is 0.410 e. The fraction of sp³-hybridized carbons (Fsp3) is 0.583. The van der Waals surface area contributed by atoms with Crippen LogP contribution in [0.25, 0.3) is 6.08 Å². The van der Waals surface area contributed by atoms with Crippen LogP contribution in [0.1, 0.15) is 76.0 Å². The van der Waals surface area contributed by atoms with Gasteiger partial charge in [-0.3, -0.25) is 34.5 Å². The van der Waals surface area contributed by atoms with Crippen LogP contribution in [0.4, 0.5) is 4.79 Å². The summed E-state index contributed by atoms with van der Waals surface area (Å²) >= 11 is 0.